The normalized spacial score (nSPS) is 13.3. The minimum atomic E-state index is -0.189. The average molecular weight is 364 g/mol. The van der Waals surface area contributed by atoms with Crippen molar-refractivity contribution in [3.05, 3.63) is 59.7 Å². The molecule has 1 aliphatic rings. The van der Waals surface area contributed by atoms with Gasteiger partial charge in [-0.25, -0.2) is 0 Å². The molecule has 0 fully saturated rings. The minimum Gasteiger partial charge on any atom is -0.352 e. The highest BCUT2D eigenvalue weighted by molar-refractivity contribution is 6.04. The predicted molar refractivity (Wildman–Crippen MR) is 109 cm³/mol. The van der Waals surface area contributed by atoms with E-state index in [2.05, 4.69) is 15.7 Å². The smallest absolute Gasteiger partial charge is 0.255 e. The molecule has 0 radical (unpaired) electrons. The Kier molecular flexibility index (Phi) is 5.86. The van der Waals surface area contributed by atoms with Crippen LogP contribution in [-0.4, -0.2) is 30.6 Å². The fourth-order valence-electron chi connectivity index (χ4n) is 2.79. The van der Waals surface area contributed by atoms with Gasteiger partial charge in [-0.05, 0) is 61.9 Å². The molecule has 2 aromatic carbocycles. The van der Waals surface area contributed by atoms with Crippen molar-refractivity contribution in [3.63, 3.8) is 0 Å². The Labute approximate surface area is 159 Å². The Morgan fingerprint density at radius 1 is 1.00 bits per heavy atom. The first kappa shape index (κ1) is 18.6. The van der Waals surface area contributed by atoms with E-state index in [0.717, 1.165) is 30.8 Å². The van der Waals surface area contributed by atoms with Crippen LogP contribution < -0.4 is 15.6 Å². The summed E-state index contributed by atoms with van der Waals surface area (Å²) in [5.74, 6) is -0.295. The Hall–Kier alpha value is -3.15. The topological polar surface area (TPSA) is 73.8 Å². The summed E-state index contributed by atoms with van der Waals surface area (Å²) in [4.78, 5) is 24.3. The van der Waals surface area contributed by atoms with E-state index in [0.29, 0.717) is 23.4 Å². The van der Waals surface area contributed by atoms with Gasteiger partial charge in [0.2, 0.25) is 0 Å². The van der Waals surface area contributed by atoms with Crippen LogP contribution in [0.15, 0.2) is 53.6 Å². The highest BCUT2D eigenvalue weighted by Gasteiger charge is 2.14. The zero-order valence-electron chi connectivity index (χ0n) is 15.7. The number of hydrazone groups is 1. The van der Waals surface area contributed by atoms with E-state index >= 15 is 0 Å². The van der Waals surface area contributed by atoms with Crippen molar-refractivity contribution in [1.29, 1.82) is 0 Å². The molecule has 6 heteroatoms. The zero-order valence-corrected chi connectivity index (χ0v) is 15.7. The number of benzene rings is 2. The molecule has 1 aliphatic heterocycles. The molecule has 0 atom stereocenters. The molecule has 2 N–H and O–H groups in total. The van der Waals surface area contributed by atoms with E-state index in [9.17, 15) is 9.59 Å². The van der Waals surface area contributed by atoms with Crippen LogP contribution in [0.3, 0.4) is 0 Å². The minimum absolute atomic E-state index is 0.106. The molecule has 27 heavy (non-hydrogen) atoms. The number of rotatable bonds is 6. The Bertz CT molecular complexity index is 841. The van der Waals surface area contributed by atoms with Crippen LogP contribution in [0.4, 0.5) is 11.4 Å². The van der Waals surface area contributed by atoms with Gasteiger partial charge < -0.3 is 10.6 Å². The Morgan fingerprint density at radius 3 is 2.22 bits per heavy atom. The second-order valence-corrected chi connectivity index (χ2v) is 6.54. The molecule has 0 spiro atoms. The number of anilines is 2. The molecule has 2 amide bonds. The van der Waals surface area contributed by atoms with Crippen molar-refractivity contribution in [3.8, 4) is 0 Å². The number of nitrogens with one attached hydrogen (secondary N) is 2. The summed E-state index contributed by atoms with van der Waals surface area (Å²) in [7, 11) is 0. The quantitative estimate of drug-likeness (QED) is 0.821. The SMILES string of the molecule is CCCNC(=O)c1ccc(NC(=O)c2ccc(N3CCC(C)=N3)cc2)cc1. The third kappa shape index (κ3) is 4.73. The zero-order chi connectivity index (χ0) is 19.2. The molecule has 3 rings (SSSR count). The van der Waals surface area contributed by atoms with Crippen molar-refractivity contribution in [2.75, 3.05) is 23.4 Å². The average Bonchev–Trinajstić information content (AvgIpc) is 3.13. The Morgan fingerprint density at radius 2 is 1.63 bits per heavy atom. The van der Waals surface area contributed by atoms with Crippen LogP contribution >= 0.6 is 0 Å². The van der Waals surface area contributed by atoms with Gasteiger partial charge in [0.1, 0.15) is 0 Å². The van der Waals surface area contributed by atoms with E-state index in [-0.39, 0.29) is 11.8 Å². The molecule has 0 saturated heterocycles. The van der Waals surface area contributed by atoms with E-state index in [4.69, 9.17) is 0 Å². The summed E-state index contributed by atoms with van der Waals surface area (Å²) in [5.41, 5.74) is 3.89. The van der Waals surface area contributed by atoms with E-state index in [1.807, 2.05) is 31.0 Å². The fourth-order valence-corrected chi connectivity index (χ4v) is 2.79. The molecule has 1 heterocycles. The molecule has 140 valence electrons. The second kappa shape index (κ2) is 8.49. The van der Waals surface area contributed by atoms with Crippen LogP contribution in [0.2, 0.25) is 0 Å². The summed E-state index contributed by atoms with van der Waals surface area (Å²) < 4.78 is 0. The molecule has 2 aromatic rings. The van der Waals surface area contributed by atoms with Crippen molar-refractivity contribution in [2.45, 2.75) is 26.7 Å². The van der Waals surface area contributed by atoms with E-state index < -0.39 is 0 Å². The van der Waals surface area contributed by atoms with Gasteiger partial charge in [0.05, 0.1) is 5.69 Å². The highest BCUT2D eigenvalue weighted by atomic mass is 16.2. The van der Waals surface area contributed by atoms with Gasteiger partial charge in [0, 0.05) is 42.0 Å². The van der Waals surface area contributed by atoms with Crippen LogP contribution in [0, 0.1) is 0 Å². The van der Waals surface area contributed by atoms with Gasteiger partial charge in [-0.2, -0.15) is 5.10 Å². The lowest BCUT2D eigenvalue weighted by Crippen LogP contribution is -2.23. The number of carbonyl (C=O) groups is 2. The lowest BCUT2D eigenvalue weighted by atomic mass is 10.1. The largest absolute Gasteiger partial charge is 0.352 e. The molecule has 6 nitrogen and oxygen atoms in total. The molecule has 0 saturated carbocycles. The summed E-state index contributed by atoms with van der Waals surface area (Å²) >= 11 is 0. The van der Waals surface area contributed by atoms with Gasteiger partial charge >= 0.3 is 0 Å². The molecular weight excluding hydrogens is 340 g/mol. The maximum atomic E-state index is 12.4. The van der Waals surface area contributed by atoms with E-state index in [1.54, 1.807) is 36.4 Å². The number of hydrogen-bond acceptors (Lipinski definition) is 4. The monoisotopic (exact) mass is 364 g/mol. The third-order valence-electron chi connectivity index (χ3n) is 4.34. The molecule has 0 aromatic heterocycles. The van der Waals surface area contributed by atoms with Gasteiger partial charge in [-0.15, -0.1) is 0 Å². The summed E-state index contributed by atoms with van der Waals surface area (Å²) in [6, 6.07) is 14.3. The molecule has 0 aliphatic carbocycles. The molecule has 0 bridgehead atoms. The fraction of sp³-hybridized carbons (Fsp3) is 0.286. The predicted octanol–water partition coefficient (Wildman–Crippen LogP) is 3.66. The van der Waals surface area contributed by atoms with Crippen molar-refractivity contribution >= 4 is 28.9 Å². The summed E-state index contributed by atoms with van der Waals surface area (Å²) in [5, 5.41) is 12.1. The van der Waals surface area contributed by atoms with Crippen LogP contribution in [0.25, 0.3) is 0 Å². The third-order valence-corrected chi connectivity index (χ3v) is 4.34. The maximum Gasteiger partial charge on any atom is 0.255 e. The first-order valence-electron chi connectivity index (χ1n) is 9.18. The van der Waals surface area contributed by atoms with Gasteiger partial charge in [0.15, 0.2) is 0 Å². The summed E-state index contributed by atoms with van der Waals surface area (Å²) in [6.45, 7) is 5.54. The van der Waals surface area contributed by atoms with Crippen molar-refractivity contribution in [2.24, 2.45) is 5.10 Å². The maximum absolute atomic E-state index is 12.4. The first-order valence-corrected chi connectivity index (χ1v) is 9.18. The van der Waals surface area contributed by atoms with Gasteiger partial charge in [-0.1, -0.05) is 6.92 Å². The van der Waals surface area contributed by atoms with Gasteiger partial charge in [-0.3, -0.25) is 14.6 Å². The number of hydrogen-bond donors (Lipinski definition) is 2. The number of nitrogens with zero attached hydrogens (tertiary/aromatic N) is 2. The van der Waals surface area contributed by atoms with Gasteiger partial charge in [0.25, 0.3) is 11.8 Å². The summed E-state index contributed by atoms with van der Waals surface area (Å²) in [6.07, 6.45) is 1.86. The standard InChI is InChI=1S/C21H24N4O2/c1-3-13-22-20(26)16-4-8-18(9-5-16)23-21(27)17-6-10-19(11-7-17)25-14-12-15(2)24-25/h4-11H,3,12-14H2,1-2H3,(H,22,26)(H,23,27). The number of carbonyl (C=O) groups excluding carboxylic acids is 2. The lowest BCUT2D eigenvalue weighted by Gasteiger charge is -2.14. The van der Waals surface area contributed by atoms with Crippen LogP contribution in [-0.2, 0) is 0 Å². The molecule has 0 unspecified atom stereocenters. The second-order valence-electron chi connectivity index (χ2n) is 6.54. The van der Waals surface area contributed by atoms with Crippen molar-refractivity contribution < 1.29 is 9.59 Å². The number of amides is 2. The Balaban J connectivity index is 1.61. The lowest BCUT2D eigenvalue weighted by molar-refractivity contribution is 0.0953. The van der Waals surface area contributed by atoms with Crippen molar-refractivity contribution in [1.82, 2.24) is 5.32 Å². The van der Waals surface area contributed by atoms with E-state index in [1.165, 1.54) is 0 Å². The molecular formula is C21H24N4O2. The van der Waals surface area contributed by atoms with Crippen LogP contribution in [0.5, 0.6) is 0 Å². The first-order chi connectivity index (χ1) is 13.1. The highest BCUT2D eigenvalue weighted by Crippen LogP contribution is 2.20. The van der Waals surface area contributed by atoms with Crippen LogP contribution in [0.1, 0.15) is 47.4 Å².